The predicted octanol–water partition coefficient (Wildman–Crippen LogP) is 3.63. The minimum atomic E-state index is -3.50. The molecule has 2 unspecified atom stereocenters. The molecule has 4 aliphatic heterocycles. The van der Waals surface area contributed by atoms with Crippen molar-refractivity contribution in [3.05, 3.63) is 66.2 Å². The normalized spacial score (nSPS) is 21.2. The van der Waals surface area contributed by atoms with Crippen molar-refractivity contribution < 1.29 is 27.6 Å². The van der Waals surface area contributed by atoms with Gasteiger partial charge in [-0.1, -0.05) is 0 Å². The lowest BCUT2D eigenvalue weighted by molar-refractivity contribution is -0.136. The summed E-state index contributed by atoms with van der Waals surface area (Å²) >= 11 is 0. The number of carbonyl (C=O) groups is 4. The van der Waals surface area contributed by atoms with E-state index in [-0.39, 0.29) is 35.7 Å². The Labute approximate surface area is 363 Å². The average molecular weight is 876 g/mol. The minimum absolute atomic E-state index is 0.0838. The zero-order chi connectivity index (χ0) is 43.6. The van der Waals surface area contributed by atoms with Gasteiger partial charge >= 0.3 is 0 Å². The molecule has 3 N–H and O–H groups in total. The fraction of sp³-hybridized carbons (Fsp3) is 0.465. The van der Waals surface area contributed by atoms with Crippen molar-refractivity contribution >= 4 is 67.7 Å². The maximum absolute atomic E-state index is 13.5. The Balaban J connectivity index is 0.752. The van der Waals surface area contributed by atoms with Crippen molar-refractivity contribution in [2.24, 2.45) is 5.92 Å². The predicted molar refractivity (Wildman–Crippen MR) is 233 cm³/mol. The third kappa shape index (κ3) is 7.78. The molecule has 1 aliphatic carbocycles. The molecule has 0 spiro atoms. The molecule has 0 bridgehead atoms. The van der Waals surface area contributed by atoms with Gasteiger partial charge in [0, 0.05) is 68.8 Å². The second-order valence-electron chi connectivity index (χ2n) is 17.5. The molecule has 2 atom stereocenters. The van der Waals surface area contributed by atoms with Crippen molar-refractivity contribution in [3.8, 4) is 11.4 Å². The van der Waals surface area contributed by atoms with Crippen molar-refractivity contribution in [1.82, 2.24) is 49.5 Å². The molecule has 8 heterocycles. The van der Waals surface area contributed by atoms with Crippen LogP contribution in [0.5, 0.6) is 0 Å². The number of carbonyl (C=O) groups excluding carboxylic acids is 4. The number of amides is 4. The summed E-state index contributed by atoms with van der Waals surface area (Å²) in [5.74, 6) is 0.874. The third-order valence-electron chi connectivity index (χ3n) is 12.8. The Morgan fingerprint density at radius 3 is 2.46 bits per heavy atom. The Morgan fingerprint density at radius 1 is 0.873 bits per heavy atom. The lowest BCUT2D eigenvalue weighted by Gasteiger charge is -2.37. The largest absolute Gasteiger partial charge is 0.370 e. The molecular formula is C43H49N13O6S. The number of benzene rings is 1. The lowest BCUT2D eigenvalue weighted by atomic mass is 9.95. The van der Waals surface area contributed by atoms with E-state index in [1.165, 1.54) is 12.4 Å². The van der Waals surface area contributed by atoms with E-state index in [0.717, 1.165) is 89.8 Å². The summed E-state index contributed by atoms with van der Waals surface area (Å²) in [4.78, 5) is 70.2. The van der Waals surface area contributed by atoms with Gasteiger partial charge < -0.3 is 20.4 Å². The molecule has 4 amide bonds. The first kappa shape index (κ1) is 40.8. The molecule has 0 radical (unpaired) electrons. The van der Waals surface area contributed by atoms with E-state index in [0.29, 0.717) is 47.3 Å². The van der Waals surface area contributed by atoms with Crippen LogP contribution < -0.4 is 25.8 Å². The molecule has 10 rings (SSSR count). The van der Waals surface area contributed by atoms with Crippen molar-refractivity contribution in [2.75, 3.05) is 47.8 Å². The van der Waals surface area contributed by atoms with Crippen LogP contribution in [-0.4, -0.2) is 121 Å². The van der Waals surface area contributed by atoms with Crippen molar-refractivity contribution in [2.45, 2.75) is 88.6 Å². The van der Waals surface area contributed by atoms with E-state index < -0.39 is 39.7 Å². The number of nitrogens with one attached hydrogen (secondary N) is 3. The topological polar surface area (TPSA) is 223 Å². The zero-order valence-electron chi connectivity index (χ0n) is 35.1. The molecular weight excluding hydrogens is 827 g/mol. The number of anilines is 4. The van der Waals surface area contributed by atoms with Gasteiger partial charge in [-0.25, -0.2) is 23.4 Å². The van der Waals surface area contributed by atoms with E-state index in [2.05, 4.69) is 54.7 Å². The SMILES string of the molecule is CC(C)n1nc(N2CCC(CNC3CCCN(c4ccc5c(c4)C(=O)N(C4CCC(=O)NC4=O)C5=O)C3)CC2)c2cnc(Nc3ccnc(-c4cnn(S(=O)(=O)C5CC5)c4)n3)cc21. The number of hydrogen-bond donors (Lipinski definition) is 3. The molecule has 328 valence electrons. The Kier molecular flexibility index (Phi) is 10.4. The number of imide groups is 2. The zero-order valence-corrected chi connectivity index (χ0v) is 35.9. The molecule has 1 aromatic carbocycles. The van der Waals surface area contributed by atoms with E-state index in [4.69, 9.17) is 10.1 Å². The van der Waals surface area contributed by atoms with Gasteiger partial charge in [0.1, 0.15) is 17.7 Å². The summed E-state index contributed by atoms with van der Waals surface area (Å²) in [5, 5.41) is 19.2. The minimum Gasteiger partial charge on any atom is -0.370 e. The van der Waals surface area contributed by atoms with Crippen LogP contribution >= 0.6 is 0 Å². The molecule has 3 saturated heterocycles. The summed E-state index contributed by atoms with van der Waals surface area (Å²) in [6, 6.07) is 8.45. The summed E-state index contributed by atoms with van der Waals surface area (Å²) < 4.78 is 28.4. The molecule has 4 aromatic heterocycles. The number of piperidine rings is 3. The summed E-state index contributed by atoms with van der Waals surface area (Å²) in [6.07, 6.45) is 12.0. The highest BCUT2D eigenvalue weighted by Gasteiger charge is 2.45. The first-order valence-electron chi connectivity index (χ1n) is 21.8. The number of nitrogens with zero attached hydrogens (tertiary/aromatic N) is 10. The molecule has 63 heavy (non-hydrogen) atoms. The number of rotatable bonds is 12. The van der Waals surface area contributed by atoms with Crippen LogP contribution in [0.2, 0.25) is 0 Å². The van der Waals surface area contributed by atoms with Crippen LogP contribution in [0.4, 0.5) is 23.1 Å². The van der Waals surface area contributed by atoms with E-state index in [1.807, 2.05) is 23.0 Å². The van der Waals surface area contributed by atoms with Gasteiger partial charge in [-0.3, -0.25) is 34.1 Å². The highest BCUT2D eigenvalue weighted by atomic mass is 32.2. The number of aromatic nitrogens is 7. The van der Waals surface area contributed by atoms with E-state index in [1.54, 1.807) is 24.4 Å². The molecule has 19 nitrogen and oxygen atoms in total. The van der Waals surface area contributed by atoms with Crippen LogP contribution in [0.15, 0.2) is 55.1 Å². The quantitative estimate of drug-likeness (QED) is 0.152. The highest BCUT2D eigenvalue weighted by Crippen LogP contribution is 2.35. The van der Waals surface area contributed by atoms with Gasteiger partial charge in [-0.05, 0) is 95.5 Å². The molecule has 20 heteroatoms. The summed E-state index contributed by atoms with van der Waals surface area (Å²) in [7, 11) is -3.50. The molecule has 1 saturated carbocycles. The van der Waals surface area contributed by atoms with Crippen LogP contribution in [0.1, 0.15) is 92.0 Å². The first-order valence-corrected chi connectivity index (χ1v) is 23.3. The van der Waals surface area contributed by atoms with Crippen LogP contribution in [0.3, 0.4) is 0 Å². The Hall–Kier alpha value is -6.28. The van der Waals surface area contributed by atoms with Gasteiger partial charge in [0.05, 0.1) is 45.2 Å². The summed E-state index contributed by atoms with van der Waals surface area (Å²) in [5.41, 5.74) is 2.91. The second-order valence-corrected chi connectivity index (χ2v) is 19.6. The lowest BCUT2D eigenvalue weighted by Crippen LogP contribution is -2.54. The second kappa shape index (κ2) is 16.1. The summed E-state index contributed by atoms with van der Waals surface area (Å²) in [6.45, 7) is 8.46. The molecule has 5 aromatic rings. The van der Waals surface area contributed by atoms with Gasteiger partial charge in [-0.15, -0.1) is 0 Å². The smallest absolute Gasteiger partial charge is 0.262 e. The number of fused-ring (bicyclic) bond motifs is 2. The maximum Gasteiger partial charge on any atom is 0.262 e. The van der Waals surface area contributed by atoms with E-state index >= 15 is 0 Å². The Morgan fingerprint density at radius 2 is 1.68 bits per heavy atom. The van der Waals surface area contributed by atoms with Gasteiger partial charge in [0.25, 0.3) is 21.8 Å². The van der Waals surface area contributed by atoms with Crippen LogP contribution in [0.25, 0.3) is 22.3 Å². The Bertz CT molecular complexity index is 2760. The maximum atomic E-state index is 13.5. The monoisotopic (exact) mass is 875 g/mol. The van der Waals surface area contributed by atoms with Gasteiger partial charge in [0.15, 0.2) is 11.6 Å². The van der Waals surface area contributed by atoms with Crippen molar-refractivity contribution in [1.29, 1.82) is 0 Å². The standard InChI is InChI=1S/C43H49N13O6S/c1-25(2)56-35-19-37(48-36-11-14-44-39(49-36)27-21-47-54(23-27)63(61,62)30-6-7-30)46-22-33(35)40(51-56)52-16-12-26(13-17-52)20-45-28-4-3-15-53(24-28)29-5-8-31-32(18-29)43(60)55(42(31)59)34-9-10-38(57)50-41(34)58/h5,8,11,14,18-19,21-23,25-26,28,30,34,45H,3-4,6-7,9-10,12-13,15-17,20,24H2,1-2H3,(H,50,57,58)(H,44,46,48,49). The average Bonchev–Trinajstić information content (AvgIpc) is 3.83. The van der Waals surface area contributed by atoms with Crippen LogP contribution in [0, 0.1) is 5.92 Å². The van der Waals surface area contributed by atoms with Crippen molar-refractivity contribution in [3.63, 3.8) is 0 Å². The first-order chi connectivity index (χ1) is 30.4. The van der Waals surface area contributed by atoms with Crippen LogP contribution in [-0.2, 0) is 19.6 Å². The number of hydrogen-bond acceptors (Lipinski definition) is 15. The highest BCUT2D eigenvalue weighted by molar-refractivity contribution is 7.90. The third-order valence-corrected chi connectivity index (χ3v) is 14.9. The van der Waals surface area contributed by atoms with Gasteiger partial charge in [-0.2, -0.15) is 14.3 Å². The fourth-order valence-corrected chi connectivity index (χ4v) is 10.7. The van der Waals surface area contributed by atoms with E-state index in [9.17, 15) is 27.6 Å². The number of pyridine rings is 1. The molecule has 5 aliphatic rings. The fourth-order valence-electron chi connectivity index (χ4n) is 9.20. The van der Waals surface area contributed by atoms with Gasteiger partial charge in [0.2, 0.25) is 11.8 Å². The molecule has 4 fully saturated rings.